The Morgan fingerprint density at radius 1 is 1.21 bits per heavy atom. The molecule has 1 aliphatic heterocycles. The van der Waals surface area contributed by atoms with E-state index in [1.54, 1.807) is 7.11 Å². The van der Waals surface area contributed by atoms with Gasteiger partial charge in [-0.25, -0.2) is 0 Å². The third-order valence-electron chi connectivity index (χ3n) is 5.75. The van der Waals surface area contributed by atoms with Crippen molar-refractivity contribution >= 4 is 0 Å². The number of benzene rings is 1. The number of nitrogens with zero attached hydrogens (tertiary/aromatic N) is 3. The minimum Gasteiger partial charge on any atom is -0.497 e. The molecule has 1 atom stereocenters. The van der Waals surface area contributed by atoms with Crippen LogP contribution in [-0.2, 0) is 13.0 Å². The summed E-state index contributed by atoms with van der Waals surface area (Å²) in [6.45, 7) is 11.1. The first-order chi connectivity index (χ1) is 13.7. The minimum atomic E-state index is 0.754. The van der Waals surface area contributed by atoms with Gasteiger partial charge in [0.2, 0.25) is 0 Å². The summed E-state index contributed by atoms with van der Waals surface area (Å²) >= 11 is 0. The molecule has 0 N–H and O–H groups in total. The zero-order valence-electron chi connectivity index (χ0n) is 17.7. The van der Waals surface area contributed by atoms with Crippen molar-refractivity contribution in [1.82, 2.24) is 14.8 Å². The number of piperidine rings is 1. The van der Waals surface area contributed by atoms with E-state index in [1.807, 2.05) is 6.07 Å². The van der Waals surface area contributed by atoms with Crippen molar-refractivity contribution in [2.75, 3.05) is 39.8 Å². The first kappa shape index (κ1) is 20.8. The molecule has 0 saturated carbocycles. The van der Waals surface area contributed by atoms with Gasteiger partial charge in [-0.15, -0.1) is 0 Å². The van der Waals surface area contributed by atoms with Crippen molar-refractivity contribution in [3.05, 3.63) is 59.4 Å². The summed E-state index contributed by atoms with van der Waals surface area (Å²) in [6.07, 6.45) is 3.74. The van der Waals surface area contributed by atoms with Crippen LogP contribution in [0.1, 0.15) is 36.7 Å². The summed E-state index contributed by atoms with van der Waals surface area (Å²) in [5, 5.41) is 0. The molecule has 2 heterocycles. The van der Waals surface area contributed by atoms with Crippen molar-refractivity contribution in [2.45, 2.75) is 39.7 Å². The van der Waals surface area contributed by atoms with Crippen LogP contribution in [0.5, 0.6) is 5.75 Å². The highest BCUT2D eigenvalue weighted by Gasteiger charge is 2.21. The van der Waals surface area contributed by atoms with E-state index in [0.717, 1.165) is 43.4 Å². The van der Waals surface area contributed by atoms with Crippen LogP contribution in [-0.4, -0.2) is 54.6 Å². The van der Waals surface area contributed by atoms with E-state index in [4.69, 9.17) is 4.74 Å². The van der Waals surface area contributed by atoms with Crippen molar-refractivity contribution in [2.24, 2.45) is 5.92 Å². The summed E-state index contributed by atoms with van der Waals surface area (Å²) in [7, 11) is 1.74. The second kappa shape index (κ2) is 10.6. The van der Waals surface area contributed by atoms with E-state index in [0.29, 0.717) is 0 Å². The topological polar surface area (TPSA) is 28.6 Å². The molecule has 0 spiro atoms. The van der Waals surface area contributed by atoms with Gasteiger partial charge in [0.1, 0.15) is 5.75 Å². The van der Waals surface area contributed by atoms with Gasteiger partial charge in [-0.2, -0.15) is 0 Å². The summed E-state index contributed by atoms with van der Waals surface area (Å²) in [5.41, 5.74) is 3.66. The molecule has 0 radical (unpaired) electrons. The number of hydrogen-bond donors (Lipinski definition) is 0. The summed E-state index contributed by atoms with van der Waals surface area (Å²) < 4.78 is 5.35. The predicted octanol–water partition coefficient (Wildman–Crippen LogP) is 4.18. The SMILES string of the molecule is CCN(Cc1cccc(C)n1)C[C@@H]1CCCN(CCc2cccc(OC)c2)C1. The first-order valence-corrected chi connectivity index (χ1v) is 10.7. The van der Waals surface area contributed by atoms with Crippen molar-refractivity contribution in [3.8, 4) is 5.75 Å². The van der Waals surface area contributed by atoms with Crippen LogP contribution in [0.3, 0.4) is 0 Å². The highest BCUT2D eigenvalue weighted by atomic mass is 16.5. The van der Waals surface area contributed by atoms with E-state index in [9.17, 15) is 0 Å². The largest absolute Gasteiger partial charge is 0.497 e. The maximum absolute atomic E-state index is 5.35. The molecule has 1 aromatic heterocycles. The number of likely N-dealkylation sites (tertiary alicyclic amines) is 1. The van der Waals surface area contributed by atoms with Crippen molar-refractivity contribution in [1.29, 1.82) is 0 Å². The van der Waals surface area contributed by atoms with Gasteiger partial charge in [-0.3, -0.25) is 9.88 Å². The molecular weight excluding hydrogens is 346 g/mol. The van der Waals surface area contributed by atoms with Gasteiger partial charge in [-0.05, 0) is 75.0 Å². The second-order valence-corrected chi connectivity index (χ2v) is 8.01. The Bertz CT molecular complexity index is 733. The molecule has 2 aromatic rings. The number of rotatable bonds is 9. The molecule has 1 fully saturated rings. The van der Waals surface area contributed by atoms with Gasteiger partial charge in [0.25, 0.3) is 0 Å². The van der Waals surface area contributed by atoms with Crippen LogP contribution in [0.25, 0.3) is 0 Å². The van der Waals surface area contributed by atoms with E-state index in [2.05, 4.69) is 65.0 Å². The predicted molar refractivity (Wildman–Crippen MR) is 116 cm³/mol. The molecule has 1 saturated heterocycles. The molecular formula is C24H35N3O. The third kappa shape index (κ3) is 6.32. The lowest BCUT2D eigenvalue weighted by Crippen LogP contribution is -2.41. The fourth-order valence-corrected chi connectivity index (χ4v) is 4.21. The highest BCUT2D eigenvalue weighted by Crippen LogP contribution is 2.20. The zero-order chi connectivity index (χ0) is 19.8. The van der Waals surface area contributed by atoms with Crippen molar-refractivity contribution in [3.63, 3.8) is 0 Å². The van der Waals surface area contributed by atoms with E-state index < -0.39 is 0 Å². The average molecular weight is 382 g/mol. The minimum absolute atomic E-state index is 0.754. The molecule has 3 rings (SSSR count). The number of aryl methyl sites for hydroxylation is 1. The molecule has 28 heavy (non-hydrogen) atoms. The van der Waals surface area contributed by atoms with Crippen LogP contribution < -0.4 is 4.74 Å². The van der Waals surface area contributed by atoms with Gasteiger partial charge < -0.3 is 9.64 Å². The quantitative estimate of drug-likeness (QED) is 0.652. The molecule has 0 amide bonds. The standard InChI is InChI=1S/C24H35N3O/c1-4-26(19-23-11-5-8-20(2)25-23)17-22-10-7-14-27(18-22)15-13-21-9-6-12-24(16-21)28-3/h5-6,8-9,11-12,16,22H,4,7,10,13-15,17-19H2,1-3H3/t22-/m0/s1. The highest BCUT2D eigenvalue weighted by molar-refractivity contribution is 5.28. The number of aromatic nitrogens is 1. The summed E-state index contributed by atoms with van der Waals surface area (Å²) in [4.78, 5) is 9.88. The smallest absolute Gasteiger partial charge is 0.119 e. The van der Waals surface area contributed by atoms with E-state index in [1.165, 1.54) is 43.7 Å². The molecule has 0 bridgehead atoms. The van der Waals surface area contributed by atoms with Crippen molar-refractivity contribution < 1.29 is 4.74 Å². The molecule has 0 aliphatic carbocycles. The van der Waals surface area contributed by atoms with Crippen LogP contribution >= 0.6 is 0 Å². The van der Waals surface area contributed by atoms with Gasteiger partial charge in [-0.1, -0.05) is 25.1 Å². The molecule has 1 aliphatic rings. The Kier molecular flexibility index (Phi) is 7.87. The normalized spacial score (nSPS) is 17.8. The summed E-state index contributed by atoms with van der Waals surface area (Å²) in [5.74, 6) is 1.71. The van der Waals surface area contributed by atoms with Gasteiger partial charge in [0.05, 0.1) is 12.8 Å². The Morgan fingerprint density at radius 2 is 2.07 bits per heavy atom. The second-order valence-electron chi connectivity index (χ2n) is 8.01. The first-order valence-electron chi connectivity index (χ1n) is 10.7. The number of hydrogen-bond acceptors (Lipinski definition) is 4. The van der Waals surface area contributed by atoms with Gasteiger partial charge >= 0.3 is 0 Å². The fourth-order valence-electron chi connectivity index (χ4n) is 4.21. The van der Waals surface area contributed by atoms with Crippen LogP contribution in [0.4, 0.5) is 0 Å². The Balaban J connectivity index is 1.49. The number of methoxy groups -OCH3 is 1. The molecule has 4 heteroatoms. The fraction of sp³-hybridized carbons (Fsp3) is 0.542. The zero-order valence-corrected chi connectivity index (χ0v) is 17.7. The maximum Gasteiger partial charge on any atom is 0.119 e. The van der Waals surface area contributed by atoms with E-state index in [-0.39, 0.29) is 0 Å². The Morgan fingerprint density at radius 3 is 2.86 bits per heavy atom. The molecule has 0 unspecified atom stereocenters. The monoisotopic (exact) mass is 381 g/mol. The number of ether oxygens (including phenoxy) is 1. The number of pyridine rings is 1. The lowest BCUT2D eigenvalue weighted by Gasteiger charge is -2.35. The Labute approximate surface area is 170 Å². The van der Waals surface area contributed by atoms with Crippen LogP contribution in [0.2, 0.25) is 0 Å². The molecule has 1 aromatic carbocycles. The van der Waals surface area contributed by atoms with Gasteiger partial charge in [0, 0.05) is 31.9 Å². The van der Waals surface area contributed by atoms with Crippen LogP contribution in [0.15, 0.2) is 42.5 Å². The molecule has 4 nitrogen and oxygen atoms in total. The molecule has 152 valence electrons. The maximum atomic E-state index is 5.35. The van der Waals surface area contributed by atoms with Crippen LogP contribution in [0, 0.1) is 12.8 Å². The average Bonchev–Trinajstić information content (AvgIpc) is 2.72. The summed E-state index contributed by atoms with van der Waals surface area (Å²) in [6, 6.07) is 14.8. The lowest BCUT2D eigenvalue weighted by atomic mass is 9.96. The third-order valence-corrected chi connectivity index (χ3v) is 5.75. The van der Waals surface area contributed by atoms with Gasteiger partial charge in [0.15, 0.2) is 0 Å². The lowest BCUT2D eigenvalue weighted by molar-refractivity contribution is 0.132. The van der Waals surface area contributed by atoms with E-state index >= 15 is 0 Å². The Hall–Kier alpha value is -1.91.